The van der Waals surface area contributed by atoms with Gasteiger partial charge < -0.3 is 5.32 Å². The van der Waals surface area contributed by atoms with E-state index >= 15 is 0 Å². The van der Waals surface area contributed by atoms with E-state index in [9.17, 15) is 0 Å². The average Bonchev–Trinajstić information content (AvgIpc) is 3.16. The standard InChI is InChI=1S/C12H19N5/c1-7-6-10(16-12(14-7)17-13)15-11(8-2-3-8)9-4-5-9/h6,8-9,11H,2-5,13H2,1H3,(H2,14,15,16,17). The summed E-state index contributed by atoms with van der Waals surface area (Å²) in [4.78, 5) is 8.55. The highest BCUT2D eigenvalue weighted by atomic mass is 15.3. The number of aryl methyl sites for hydroxylation is 1. The first kappa shape index (κ1) is 10.8. The van der Waals surface area contributed by atoms with Crippen LogP contribution < -0.4 is 16.6 Å². The lowest BCUT2D eigenvalue weighted by Gasteiger charge is -2.18. The van der Waals surface area contributed by atoms with Crippen LogP contribution in [0.1, 0.15) is 31.4 Å². The molecule has 0 unspecified atom stereocenters. The minimum atomic E-state index is 0.484. The van der Waals surface area contributed by atoms with Crippen molar-refractivity contribution in [1.29, 1.82) is 0 Å². The fourth-order valence-corrected chi connectivity index (χ4v) is 2.41. The van der Waals surface area contributed by atoms with Crippen molar-refractivity contribution in [1.82, 2.24) is 9.97 Å². The molecule has 17 heavy (non-hydrogen) atoms. The molecular weight excluding hydrogens is 214 g/mol. The maximum Gasteiger partial charge on any atom is 0.239 e. The quantitative estimate of drug-likeness (QED) is 0.533. The lowest BCUT2D eigenvalue weighted by molar-refractivity contribution is 0.565. The molecule has 1 aromatic heterocycles. The molecule has 2 saturated carbocycles. The SMILES string of the molecule is Cc1cc(NC(C2CC2)C2CC2)nc(NN)n1. The van der Waals surface area contributed by atoms with Crippen LogP contribution in [0, 0.1) is 18.8 Å². The van der Waals surface area contributed by atoms with Gasteiger partial charge in [0.2, 0.25) is 5.95 Å². The van der Waals surface area contributed by atoms with Crippen molar-refractivity contribution in [3.63, 3.8) is 0 Å². The van der Waals surface area contributed by atoms with Gasteiger partial charge >= 0.3 is 0 Å². The third-order valence-corrected chi connectivity index (χ3v) is 3.56. The number of nitrogens with zero attached hydrogens (tertiary/aromatic N) is 2. The van der Waals surface area contributed by atoms with Gasteiger partial charge in [-0.25, -0.2) is 10.8 Å². The van der Waals surface area contributed by atoms with E-state index in [0.717, 1.165) is 23.3 Å². The molecule has 0 atom stereocenters. The molecule has 0 aliphatic heterocycles. The molecule has 1 aromatic rings. The van der Waals surface area contributed by atoms with Gasteiger partial charge in [-0.05, 0) is 44.4 Å². The number of nitrogens with two attached hydrogens (primary N) is 1. The lowest BCUT2D eigenvalue weighted by atomic mass is 10.1. The van der Waals surface area contributed by atoms with E-state index in [1.54, 1.807) is 0 Å². The van der Waals surface area contributed by atoms with Crippen LogP contribution in [-0.4, -0.2) is 16.0 Å². The summed E-state index contributed by atoms with van der Waals surface area (Å²) in [6, 6.07) is 2.59. The van der Waals surface area contributed by atoms with Gasteiger partial charge in [0, 0.05) is 17.8 Å². The lowest BCUT2D eigenvalue weighted by Crippen LogP contribution is -2.25. The van der Waals surface area contributed by atoms with Gasteiger partial charge in [-0.2, -0.15) is 4.98 Å². The van der Waals surface area contributed by atoms with E-state index in [4.69, 9.17) is 5.84 Å². The average molecular weight is 233 g/mol. The van der Waals surface area contributed by atoms with Crippen LogP contribution in [0.5, 0.6) is 0 Å². The van der Waals surface area contributed by atoms with Crippen molar-refractivity contribution in [2.45, 2.75) is 38.6 Å². The molecule has 0 saturated heterocycles. The van der Waals surface area contributed by atoms with Gasteiger partial charge in [0.1, 0.15) is 5.82 Å². The molecule has 2 fully saturated rings. The molecule has 92 valence electrons. The summed E-state index contributed by atoms with van der Waals surface area (Å²) in [6.45, 7) is 1.96. The first-order valence-electron chi connectivity index (χ1n) is 6.35. The van der Waals surface area contributed by atoms with Crippen LogP contribution in [0.25, 0.3) is 0 Å². The molecule has 0 radical (unpaired) electrons. The Labute approximate surface area is 101 Å². The number of hydrazine groups is 1. The second kappa shape index (κ2) is 4.14. The number of anilines is 2. The van der Waals surface area contributed by atoms with E-state index in [1.807, 2.05) is 13.0 Å². The molecule has 2 aliphatic carbocycles. The van der Waals surface area contributed by atoms with Gasteiger partial charge in [-0.3, -0.25) is 5.43 Å². The molecular formula is C12H19N5. The molecule has 5 nitrogen and oxygen atoms in total. The van der Waals surface area contributed by atoms with E-state index < -0.39 is 0 Å². The molecule has 0 amide bonds. The largest absolute Gasteiger partial charge is 0.367 e. The topological polar surface area (TPSA) is 75.9 Å². The third-order valence-electron chi connectivity index (χ3n) is 3.56. The highest BCUT2D eigenvalue weighted by Gasteiger charge is 2.41. The normalized spacial score (nSPS) is 19.5. The van der Waals surface area contributed by atoms with Crippen molar-refractivity contribution in [3.05, 3.63) is 11.8 Å². The maximum absolute atomic E-state index is 5.36. The van der Waals surface area contributed by atoms with Gasteiger partial charge in [0.15, 0.2) is 0 Å². The summed E-state index contributed by atoms with van der Waals surface area (Å²) in [5, 5.41) is 3.57. The minimum Gasteiger partial charge on any atom is -0.367 e. The van der Waals surface area contributed by atoms with E-state index in [-0.39, 0.29) is 0 Å². The molecule has 0 aromatic carbocycles. The smallest absolute Gasteiger partial charge is 0.239 e. The Morgan fingerprint density at radius 3 is 2.41 bits per heavy atom. The van der Waals surface area contributed by atoms with E-state index in [2.05, 4.69) is 20.7 Å². The Hall–Kier alpha value is -1.36. The zero-order valence-electron chi connectivity index (χ0n) is 10.1. The van der Waals surface area contributed by atoms with E-state index in [0.29, 0.717) is 12.0 Å². The van der Waals surface area contributed by atoms with Crippen molar-refractivity contribution >= 4 is 11.8 Å². The fraction of sp³-hybridized carbons (Fsp3) is 0.667. The fourth-order valence-electron chi connectivity index (χ4n) is 2.41. The summed E-state index contributed by atoms with van der Waals surface area (Å²) in [6.07, 6.45) is 5.45. The molecule has 0 bridgehead atoms. The Morgan fingerprint density at radius 2 is 1.88 bits per heavy atom. The minimum absolute atomic E-state index is 0.484. The Bertz CT molecular complexity index is 399. The van der Waals surface area contributed by atoms with Gasteiger partial charge in [0.25, 0.3) is 0 Å². The summed E-state index contributed by atoms with van der Waals surface area (Å²) < 4.78 is 0. The van der Waals surface area contributed by atoms with Crippen LogP contribution in [-0.2, 0) is 0 Å². The maximum atomic E-state index is 5.36. The van der Waals surface area contributed by atoms with Crippen molar-refractivity contribution in [3.8, 4) is 0 Å². The van der Waals surface area contributed by atoms with Crippen LogP contribution in [0.15, 0.2) is 6.07 Å². The number of aromatic nitrogens is 2. The van der Waals surface area contributed by atoms with Gasteiger partial charge in [-0.1, -0.05) is 0 Å². The number of rotatable bonds is 5. The molecule has 3 rings (SSSR count). The van der Waals surface area contributed by atoms with Crippen LogP contribution >= 0.6 is 0 Å². The highest BCUT2D eigenvalue weighted by Crippen LogP contribution is 2.45. The molecule has 2 aliphatic rings. The predicted molar refractivity (Wildman–Crippen MR) is 67.4 cm³/mol. The Balaban J connectivity index is 1.76. The third kappa shape index (κ3) is 2.49. The summed E-state index contributed by atoms with van der Waals surface area (Å²) in [5.41, 5.74) is 3.44. The van der Waals surface area contributed by atoms with Crippen molar-refractivity contribution < 1.29 is 0 Å². The number of hydrogen-bond donors (Lipinski definition) is 3. The predicted octanol–water partition coefficient (Wildman–Crippen LogP) is 1.67. The van der Waals surface area contributed by atoms with Crippen molar-refractivity contribution in [2.75, 3.05) is 10.7 Å². The highest BCUT2D eigenvalue weighted by molar-refractivity contribution is 5.43. The molecule has 5 heteroatoms. The number of nitrogen functional groups attached to an aromatic ring is 1. The molecule has 4 N–H and O–H groups in total. The number of nitrogens with one attached hydrogen (secondary N) is 2. The first-order chi connectivity index (χ1) is 8.26. The Morgan fingerprint density at radius 1 is 1.24 bits per heavy atom. The zero-order chi connectivity index (χ0) is 11.8. The summed E-state index contributed by atoms with van der Waals surface area (Å²) >= 11 is 0. The van der Waals surface area contributed by atoms with Crippen LogP contribution in [0.4, 0.5) is 11.8 Å². The van der Waals surface area contributed by atoms with E-state index in [1.165, 1.54) is 25.7 Å². The van der Waals surface area contributed by atoms with Crippen molar-refractivity contribution in [2.24, 2.45) is 17.7 Å². The van der Waals surface area contributed by atoms with Crippen LogP contribution in [0.2, 0.25) is 0 Å². The molecule has 0 spiro atoms. The second-order valence-corrected chi connectivity index (χ2v) is 5.21. The van der Waals surface area contributed by atoms with Gasteiger partial charge in [-0.15, -0.1) is 0 Å². The Kier molecular flexibility index (Phi) is 2.63. The summed E-state index contributed by atoms with van der Waals surface area (Å²) in [5.74, 6) is 8.45. The number of hydrogen-bond acceptors (Lipinski definition) is 5. The molecule has 1 heterocycles. The summed E-state index contributed by atoms with van der Waals surface area (Å²) in [7, 11) is 0. The van der Waals surface area contributed by atoms with Gasteiger partial charge in [0.05, 0.1) is 0 Å². The monoisotopic (exact) mass is 233 g/mol. The zero-order valence-corrected chi connectivity index (χ0v) is 10.1. The first-order valence-corrected chi connectivity index (χ1v) is 6.35. The van der Waals surface area contributed by atoms with Crippen LogP contribution in [0.3, 0.4) is 0 Å². The second-order valence-electron chi connectivity index (χ2n) is 5.21.